The number of hydrogen-bond acceptors (Lipinski definition) is 2. The highest BCUT2D eigenvalue weighted by molar-refractivity contribution is 5.40. The Kier molecular flexibility index (Phi) is 2.01. The van der Waals surface area contributed by atoms with Crippen molar-refractivity contribution in [1.29, 1.82) is 0 Å². The summed E-state index contributed by atoms with van der Waals surface area (Å²) in [5.74, 6) is 2.59. The van der Waals surface area contributed by atoms with Gasteiger partial charge in [-0.3, -0.25) is 0 Å². The summed E-state index contributed by atoms with van der Waals surface area (Å²) in [6.07, 6.45) is 4.06. The average Bonchev–Trinajstić information content (AvgIpc) is 2.82. The zero-order chi connectivity index (χ0) is 10.4. The summed E-state index contributed by atoms with van der Waals surface area (Å²) < 4.78 is 2.25. The van der Waals surface area contributed by atoms with Crippen LogP contribution in [0.15, 0.2) is 6.07 Å². The molecule has 1 aliphatic heterocycles. The van der Waals surface area contributed by atoms with Gasteiger partial charge in [-0.05, 0) is 24.7 Å². The van der Waals surface area contributed by atoms with Gasteiger partial charge < -0.3 is 5.32 Å². The largest absolute Gasteiger partial charge is 0.370 e. The van der Waals surface area contributed by atoms with E-state index in [2.05, 4.69) is 29.9 Å². The topological polar surface area (TPSA) is 29.9 Å². The van der Waals surface area contributed by atoms with Crippen LogP contribution < -0.4 is 5.32 Å². The van der Waals surface area contributed by atoms with Gasteiger partial charge in [0.25, 0.3) is 0 Å². The van der Waals surface area contributed by atoms with E-state index < -0.39 is 0 Å². The standard InChI is InChI=1S/C12H19N3/c1-8(2)10-6-12-13-7-9-4-3-5-11(9)15(12)14-10/h6,8-9,11,13H,3-5,7H2,1-2H3. The Balaban J connectivity index is 1.99. The molecule has 2 atom stereocenters. The minimum Gasteiger partial charge on any atom is -0.370 e. The minimum atomic E-state index is 0.532. The second-order valence-electron chi connectivity index (χ2n) is 5.19. The molecule has 0 aromatic carbocycles. The maximum absolute atomic E-state index is 4.75. The van der Waals surface area contributed by atoms with Crippen molar-refractivity contribution in [2.24, 2.45) is 5.92 Å². The zero-order valence-electron chi connectivity index (χ0n) is 9.53. The summed E-state index contributed by atoms with van der Waals surface area (Å²) in [5, 5.41) is 8.26. The van der Waals surface area contributed by atoms with Crippen LogP contribution in [0.5, 0.6) is 0 Å². The molecular weight excluding hydrogens is 186 g/mol. The third-order valence-electron chi connectivity index (χ3n) is 3.82. The van der Waals surface area contributed by atoms with E-state index >= 15 is 0 Å². The van der Waals surface area contributed by atoms with Crippen molar-refractivity contribution in [3.05, 3.63) is 11.8 Å². The van der Waals surface area contributed by atoms with E-state index in [1.54, 1.807) is 0 Å². The summed E-state index contributed by atoms with van der Waals surface area (Å²) in [7, 11) is 0. The summed E-state index contributed by atoms with van der Waals surface area (Å²) >= 11 is 0. The van der Waals surface area contributed by atoms with Gasteiger partial charge in [-0.15, -0.1) is 0 Å². The number of fused-ring (bicyclic) bond motifs is 3. The van der Waals surface area contributed by atoms with Crippen LogP contribution in [0.4, 0.5) is 5.82 Å². The fourth-order valence-corrected chi connectivity index (χ4v) is 2.89. The smallest absolute Gasteiger partial charge is 0.124 e. The third kappa shape index (κ3) is 1.36. The number of aromatic nitrogens is 2. The van der Waals surface area contributed by atoms with Gasteiger partial charge >= 0.3 is 0 Å². The molecule has 15 heavy (non-hydrogen) atoms. The molecule has 1 aromatic rings. The van der Waals surface area contributed by atoms with Crippen LogP contribution in [0.1, 0.15) is 50.8 Å². The van der Waals surface area contributed by atoms with Crippen molar-refractivity contribution >= 4 is 5.82 Å². The first kappa shape index (κ1) is 9.25. The number of nitrogens with one attached hydrogen (secondary N) is 1. The first-order valence-electron chi connectivity index (χ1n) is 6.09. The Labute approximate surface area is 90.9 Å². The van der Waals surface area contributed by atoms with Gasteiger partial charge in [-0.2, -0.15) is 5.10 Å². The molecule has 82 valence electrons. The SMILES string of the molecule is CC(C)c1cc2n(n1)C1CCCC1CN2. The van der Waals surface area contributed by atoms with Crippen LogP contribution in [0.3, 0.4) is 0 Å². The highest BCUT2D eigenvalue weighted by Crippen LogP contribution is 2.40. The number of rotatable bonds is 1. The number of anilines is 1. The van der Waals surface area contributed by atoms with Gasteiger partial charge in [0, 0.05) is 12.6 Å². The summed E-state index contributed by atoms with van der Waals surface area (Å²) in [6.45, 7) is 5.56. The number of nitrogens with zero attached hydrogens (tertiary/aromatic N) is 2. The summed E-state index contributed by atoms with van der Waals surface area (Å²) in [5.41, 5.74) is 1.23. The predicted molar refractivity (Wildman–Crippen MR) is 61.2 cm³/mol. The van der Waals surface area contributed by atoms with Crippen LogP contribution in [-0.4, -0.2) is 16.3 Å². The van der Waals surface area contributed by atoms with Crippen molar-refractivity contribution in [2.45, 2.75) is 45.1 Å². The van der Waals surface area contributed by atoms with Crippen LogP contribution in [0.2, 0.25) is 0 Å². The highest BCUT2D eigenvalue weighted by Gasteiger charge is 2.34. The monoisotopic (exact) mass is 205 g/mol. The predicted octanol–water partition coefficient (Wildman–Crippen LogP) is 2.77. The van der Waals surface area contributed by atoms with Crippen LogP contribution >= 0.6 is 0 Å². The molecule has 2 aliphatic rings. The first-order valence-corrected chi connectivity index (χ1v) is 6.09. The molecule has 2 heterocycles. The van der Waals surface area contributed by atoms with Crippen molar-refractivity contribution in [3.8, 4) is 0 Å². The molecule has 1 fully saturated rings. The van der Waals surface area contributed by atoms with E-state index in [0.29, 0.717) is 12.0 Å². The van der Waals surface area contributed by atoms with Crippen LogP contribution in [-0.2, 0) is 0 Å². The van der Waals surface area contributed by atoms with E-state index in [1.165, 1.54) is 30.8 Å². The molecule has 0 radical (unpaired) electrons. The van der Waals surface area contributed by atoms with Gasteiger partial charge in [0.15, 0.2) is 0 Å². The lowest BCUT2D eigenvalue weighted by Crippen LogP contribution is -2.29. The third-order valence-corrected chi connectivity index (χ3v) is 3.82. The molecule has 1 aliphatic carbocycles. The molecule has 0 spiro atoms. The Morgan fingerprint density at radius 2 is 2.33 bits per heavy atom. The Bertz CT molecular complexity index is 367. The highest BCUT2D eigenvalue weighted by atomic mass is 15.4. The van der Waals surface area contributed by atoms with Gasteiger partial charge in [-0.25, -0.2) is 4.68 Å². The lowest BCUT2D eigenvalue weighted by Gasteiger charge is -2.28. The molecule has 1 N–H and O–H groups in total. The van der Waals surface area contributed by atoms with Gasteiger partial charge in [0.1, 0.15) is 5.82 Å². The van der Waals surface area contributed by atoms with Crippen molar-refractivity contribution in [3.63, 3.8) is 0 Å². The van der Waals surface area contributed by atoms with Crippen molar-refractivity contribution < 1.29 is 0 Å². The second-order valence-corrected chi connectivity index (χ2v) is 5.19. The fourth-order valence-electron chi connectivity index (χ4n) is 2.89. The minimum absolute atomic E-state index is 0.532. The van der Waals surface area contributed by atoms with Crippen LogP contribution in [0.25, 0.3) is 0 Å². The van der Waals surface area contributed by atoms with Crippen LogP contribution in [0, 0.1) is 5.92 Å². The Morgan fingerprint density at radius 3 is 3.13 bits per heavy atom. The molecule has 3 rings (SSSR count). The zero-order valence-corrected chi connectivity index (χ0v) is 9.53. The molecule has 0 saturated heterocycles. The fraction of sp³-hybridized carbons (Fsp3) is 0.750. The normalized spacial score (nSPS) is 28.7. The second kappa shape index (κ2) is 3.26. The average molecular weight is 205 g/mol. The van der Waals surface area contributed by atoms with Crippen molar-refractivity contribution in [2.75, 3.05) is 11.9 Å². The Morgan fingerprint density at radius 1 is 1.47 bits per heavy atom. The molecular formula is C12H19N3. The van der Waals surface area contributed by atoms with Gasteiger partial charge in [-0.1, -0.05) is 20.3 Å². The van der Waals surface area contributed by atoms with E-state index in [0.717, 1.165) is 12.5 Å². The lowest BCUT2D eigenvalue weighted by atomic mass is 10.0. The lowest BCUT2D eigenvalue weighted by molar-refractivity contribution is 0.345. The molecule has 1 aromatic heterocycles. The molecule has 0 amide bonds. The van der Waals surface area contributed by atoms with Gasteiger partial charge in [0.05, 0.1) is 11.7 Å². The van der Waals surface area contributed by atoms with Crippen molar-refractivity contribution in [1.82, 2.24) is 9.78 Å². The van der Waals surface area contributed by atoms with E-state index in [1.807, 2.05) is 0 Å². The number of hydrogen-bond donors (Lipinski definition) is 1. The molecule has 1 saturated carbocycles. The molecule has 3 heteroatoms. The first-order chi connectivity index (χ1) is 7.25. The van der Waals surface area contributed by atoms with E-state index in [9.17, 15) is 0 Å². The molecule has 3 nitrogen and oxygen atoms in total. The van der Waals surface area contributed by atoms with E-state index in [-0.39, 0.29) is 0 Å². The maximum Gasteiger partial charge on any atom is 0.124 e. The van der Waals surface area contributed by atoms with Gasteiger partial charge in [0.2, 0.25) is 0 Å². The van der Waals surface area contributed by atoms with E-state index in [4.69, 9.17) is 5.10 Å². The quantitative estimate of drug-likeness (QED) is 0.764. The molecule has 2 unspecified atom stereocenters. The summed E-state index contributed by atoms with van der Waals surface area (Å²) in [6, 6.07) is 2.90. The Hall–Kier alpha value is -0.990. The molecule has 0 bridgehead atoms. The maximum atomic E-state index is 4.75. The summed E-state index contributed by atoms with van der Waals surface area (Å²) in [4.78, 5) is 0.